The minimum Gasteiger partial charge on any atom is -0.361 e. The third-order valence-corrected chi connectivity index (χ3v) is 3.79. The molecule has 0 aliphatic carbocycles. The zero-order valence-electron chi connectivity index (χ0n) is 8.90. The highest BCUT2D eigenvalue weighted by Crippen LogP contribution is 2.24. The summed E-state index contributed by atoms with van der Waals surface area (Å²) in [5, 5.41) is 2.88. The maximum atomic E-state index is 11.4. The summed E-state index contributed by atoms with van der Waals surface area (Å²) in [6, 6.07) is 8.01. The molecule has 2 N–H and O–H groups in total. The lowest BCUT2D eigenvalue weighted by molar-refractivity contribution is -0.118. The Morgan fingerprint density at radius 3 is 2.88 bits per heavy atom. The van der Waals surface area contributed by atoms with E-state index in [1.807, 2.05) is 30.5 Å². The van der Waals surface area contributed by atoms with E-state index in [-0.39, 0.29) is 16.4 Å². The first-order valence-corrected chi connectivity index (χ1v) is 6.18. The van der Waals surface area contributed by atoms with Crippen LogP contribution in [0.3, 0.4) is 0 Å². The Bertz CT molecular complexity index is 605. The second-order valence-electron chi connectivity index (χ2n) is 3.99. The van der Waals surface area contributed by atoms with E-state index < -0.39 is 0 Å². The third-order valence-electron chi connectivity index (χ3n) is 2.81. The molecule has 3 rings (SSSR count). The minimum atomic E-state index is -0.293. The number of carbonyl (C=O) groups is 2. The number of aromatic amines is 1. The molecule has 1 atom stereocenters. The van der Waals surface area contributed by atoms with Gasteiger partial charge in [-0.15, -0.1) is 0 Å². The standard InChI is InChI=1S/C12H10N2O2S/c15-11-10(17-12(16)14-11)6-7-1-2-9-8(5-7)3-4-13-9/h1-5,10,13H,6H2,(H,14,15,16). The number of benzene rings is 1. The number of imide groups is 1. The van der Waals surface area contributed by atoms with Crippen molar-refractivity contribution in [1.29, 1.82) is 0 Å². The number of nitrogens with one attached hydrogen (secondary N) is 2. The fourth-order valence-electron chi connectivity index (χ4n) is 1.97. The van der Waals surface area contributed by atoms with Crippen LogP contribution in [0.25, 0.3) is 10.9 Å². The molecule has 2 heterocycles. The van der Waals surface area contributed by atoms with Crippen LogP contribution >= 0.6 is 11.8 Å². The van der Waals surface area contributed by atoms with Gasteiger partial charge in [0.2, 0.25) is 5.91 Å². The van der Waals surface area contributed by atoms with E-state index in [9.17, 15) is 9.59 Å². The van der Waals surface area contributed by atoms with Crippen LogP contribution in [-0.4, -0.2) is 21.4 Å². The van der Waals surface area contributed by atoms with Gasteiger partial charge in [0.1, 0.15) is 0 Å². The van der Waals surface area contributed by atoms with Gasteiger partial charge >= 0.3 is 0 Å². The largest absolute Gasteiger partial charge is 0.361 e. The summed E-state index contributed by atoms with van der Waals surface area (Å²) in [7, 11) is 0. The van der Waals surface area contributed by atoms with Gasteiger partial charge < -0.3 is 4.98 Å². The molecular weight excluding hydrogens is 236 g/mol. The third kappa shape index (κ3) is 1.93. The van der Waals surface area contributed by atoms with E-state index in [0.29, 0.717) is 6.42 Å². The zero-order valence-corrected chi connectivity index (χ0v) is 9.71. The molecule has 1 aliphatic rings. The normalized spacial score (nSPS) is 19.9. The summed E-state index contributed by atoms with van der Waals surface area (Å²) in [5.74, 6) is -0.186. The summed E-state index contributed by atoms with van der Waals surface area (Å²) in [6.45, 7) is 0. The van der Waals surface area contributed by atoms with E-state index in [0.717, 1.165) is 28.2 Å². The average molecular weight is 246 g/mol. The van der Waals surface area contributed by atoms with Gasteiger partial charge in [-0.05, 0) is 35.6 Å². The van der Waals surface area contributed by atoms with E-state index >= 15 is 0 Å². The highest BCUT2D eigenvalue weighted by Gasteiger charge is 2.31. The first kappa shape index (κ1) is 10.4. The fourth-order valence-corrected chi connectivity index (χ4v) is 2.83. The number of amides is 2. The number of aromatic nitrogens is 1. The Labute approximate surface area is 102 Å². The number of rotatable bonds is 2. The SMILES string of the molecule is O=C1NC(=O)C(Cc2ccc3[nH]ccc3c2)S1. The monoisotopic (exact) mass is 246 g/mol. The minimum absolute atomic E-state index is 0.186. The molecule has 1 saturated heterocycles. The summed E-state index contributed by atoms with van der Waals surface area (Å²) in [4.78, 5) is 25.6. The Balaban J connectivity index is 1.84. The molecule has 2 aromatic rings. The predicted octanol–water partition coefficient (Wildman–Crippen LogP) is 2.06. The zero-order chi connectivity index (χ0) is 11.8. The van der Waals surface area contributed by atoms with Crippen molar-refractivity contribution < 1.29 is 9.59 Å². The Morgan fingerprint density at radius 1 is 1.24 bits per heavy atom. The molecule has 1 aromatic heterocycles. The smallest absolute Gasteiger partial charge is 0.286 e. The molecule has 17 heavy (non-hydrogen) atoms. The van der Waals surface area contributed by atoms with Crippen molar-refractivity contribution in [3.8, 4) is 0 Å². The Morgan fingerprint density at radius 2 is 2.12 bits per heavy atom. The van der Waals surface area contributed by atoms with Crippen LogP contribution in [0, 0.1) is 0 Å². The quantitative estimate of drug-likeness (QED) is 0.852. The number of hydrogen-bond donors (Lipinski definition) is 2. The molecule has 0 bridgehead atoms. The second-order valence-corrected chi connectivity index (χ2v) is 5.16. The molecule has 4 nitrogen and oxygen atoms in total. The molecule has 0 spiro atoms. The molecule has 0 radical (unpaired) electrons. The lowest BCUT2D eigenvalue weighted by Gasteiger charge is -2.05. The molecule has 1 aromatic carbocycles. The summed E-state index contributed by atoms with van der Waals surface area (Å²) >= 11 is 1.07. The van der Waals surface area contributed by atoms with Crippen LogP contribution in [0.4, 0.5) is 4.79 Å². The van der Waals surface area contributed by atoms with E-state index in [4.69, 9.17) is 0 Å². The van der Waals surface area contributed by atoms with Crippen molar-refractivity contribution in [2.75, 3.05) is 0 Å². The summed E-state index contributed by atoms with van der Waals surface area (Å²) < 4.78 is 0. The molecule has 1 aliphatic heterocycles. The molecule has 1 fully saturated rings. The summed E-state index contributed by atoms with van der Waals surface area (Å²) in [6.07, 6.45) is 2.47. The molecular formula is C12H10N2O2S. The van der Waals surface area contributed by atoms with Crippen molar-refractivity contribution in [3.63, 3.8) is 0 Å². The van der Waals surface area contributed by atoms with Crippen LogP contribution < -0.4 is 5.32 Å². The molecule has 86 valence electrons. The average Bonchev–Trinajstić information content (AvgIpc) is 2.85. The Kier molecular flexibility index (Phi) is 2.40. The van der Waals surface area contributed by atoms with Crippen molar-refractivity contribution in [3.05, 3.63) is 36.0 Å². The van der Waals surface area contributed by atoms with Crippen molar-refractivity contribution >= 4 is 33.8 Å². The van der Waals surface area contributed by atoms with Gasteiger partial charge in [0.15, 0.2) is 0 Å². The summed E-state index contributed by atoms with van der Waals surface area (Å²) in [5.41, 5.74) is 2.15. The number of carbonyl (C=O) groups excluding carboxylic acids is 2. The van der Waals surface area contributed by atoms with E-state index in [1.165, 1.54) is 0 Å². The maximum absolute atomic E-state index is 11.4. The number of hydrogen-bond acceptors (Lipinski definition) is 3. The second kappa shape index (κ2) is 3.92. The molecule has 2 amide bonds. The number of fused-ring (bicyclic) bond motifs is 1. The van der Waals surface area contributed by atoms with Gasteiger partial charge in [0, 0.05) is 11.7 Å². The first-order chi connectivity index (χ1) is 8.22. The van der Waals surface area contributed by atoms with Crippen LogP contribution in [0.5, 0.6) is 0 Å². The fraction of sp³-hybridized carbons (Fsp3) is 0.167. The Hall–Kier alpha value is -1.75. The van der Waals surface area contributed by atoms with E-state index in [1.54, 1.807) is 0 Å². The van der Waals surface area contributed by atoms with Crippen LogP contribution in [0.2, 0.25) is 0 Å². The van der Waals surface area contributed by atoms with Crippen LogP contribution in [0.15, 0.2) is 30.5 Å². The van der Waals surface area contributed by atoms with Crippen molar-refractivity contribution in [1.82, 2.24) is 10.3 Å². The van der Waals surface area contributed by atoms with Gasteiger partial charge in [-0.1, -0.05) is 17.8 Å². The first-order valence-electron chi connectivity index (χ1n) is 5.30. The predicted molar refractivity (Wildman–Crippen MR) is 66.9 cm³/mol. The number of H-pyrrole nitrogens is 1. The molecule has 0 saturated carbocycles. The lowest BCUT2D eigenvalue weighted by atomic mass is 10.1. The molecule has 5 heteroatoms. The van der Waals surface area contributed by atoms with Gasteiger partial charge in [-0.25, -0.2) is 0 Å². The lowest BCUT2D eigenvalue weighted by Crippen LogP contribution is -2.25. The van der Waals surface area contributed by atoms with Crippen molar-refractivity contribution in [2.24, 2.45) is 0 Å². The van der Waals surface area contributed by atoms with Crippen LogP contribution in [-0.2, 0) is 11.2 Å². The van der Waals surface area contributed by atoms with Crippen molar-refractivity contribution in [2.45, 2.75) is 11.7 Å². The van der Waals surface area contributed by atoms with Gasteiger partial charge in [0.05, 0.1) is 5.25 Å². The highest BCUT2D eigenvalue weighted by molar-refractivity contribution is 8.15. The maximum Gasteiger partial charge on any atom is 0.286 e. The molecule has 1 unspecified atom stereocenters. The van der Waals surface area contributed by atoms with Crippen LogP contribution in [0.1, 0.15) is 5.56 Å². The van der Waals surface area contributed by atoms with Gasteiger partial charge in [0.25, 0.3) is 5.24 Å². The number of thioether (sulfide) groups is 1. The highest BCUT2D eigenvalue weighted by atomic mass is 32.2. The van der Waals surface area contributed by atoms with E-state index in [2.05, 4.69) is 10.3 Å². The van der Waals surface area contributed by atoms with Gasteiger partial charge in [-0.2, -0.15) is 0 Å². The topological polar surface area (TPSA) is 62.0 Å². The van der Waals surface area contributed by atoms with Gasteiger partial charge in [-0.3, -0.25) is 14.9 Å².